The van der Waals surface area contributed by atoms with E-state index in [1.54, 1.807) is 0 Å². The van der Waals surface area contributed by atoms with Gasteiger partial charge in [-0.3, -0.25) is 4.79 Å². The summed E-state index contributed by atoms with van der Waals surface area (Å²) >= 11 is 0. The Labute approximate surface area is 111 Å². The van der Waals surface area contributed by atoms with Crippen molar-refractivity contribution < 1.29 is 23.8 Å². The molecule has 1 atom stereocenters. The second-order valence-electron chi connectivity index (χ2n) is 5.07. The van der Waals surface area contributed by atoms with Gasteiger partial charge in [0.25, 0.3) is 0 Å². The monoisotopic (exact) mass is 268 g/mol. The Morgan fingerprint density at radius 2 is 2.26 bits per heavy atom. The van der Waals surface area contributed by atoms with E-state index in [0.717, 1.165) is 12.1 Å². The fourth-order valence-electron chi connectivity index (χ4n) is 2.06. The van der Waals surface area contributed by atoms with Gasteiger partial charge < -0.3 is 14.6 Å². The van der Waals surface area contributed by atoms with Crippen LogP contribution in [0.25, 0.3) is 0 Å². The number of ketones is 1. The average Bonchev–Trinajstić information content (AvgIpc) is 2.69. The molecule has 1 saturated heterocycles. The van der Waals surface area contributed by atoms with Crippen molar-refractivity contribution >= 4 is 5.78 Å². The lowest BCUT2D eigenvalue weighted by Gasteiger charge is -2.16. The molecule has 0 aromatic heterocycles. The third-order valence-corrected chi connectivity index (χ3v) is 3.02. The highest BCUT2D eigenvalue weighted by atomic mass is 19.1. The number of carbonyl (C=O) groups excluding carboxylic acids is 1. The molecule has 1 aliphatic heterocycles. The lowest BCUT2D eigenvalue weighted by atomic mass is 10.0. The van der Waals surface area contributed by atoms with E-state index in [4.69, 9.17) is 9.47 Å². The molecule has 0 spiro atoms. The van der Waals surface area contributed by atoms with Crippen LogP contribution in [-0.2, 0) is 9.47 Å². The highest BCUT2D eigenvalue weighted by Crippen LogP contribution is 2.26. The lowest BCUT2D eigenvalue weighted by molar-refractivity contribution is -0.138. The molecule has 1 aliphatic rings. The highest BCUT2D eigenvalue weighted by molar-refractivity contribution is 5.98. The first-order valence-corrected chi connectivity index (χ1v) is 6.21. The summed E-state index contributed by atoms with van der Waals surface area (Å²) < 4.78 is 24.0. The molecule has 1 N–H and O–H groups in total. The van der Waals surface area contributed by atoms with Crippen molar-refractivity contribution in [2.75, 3.05) is 6.61 Å². The summed E-state index contributed by atoms with van der Waals surface area (Å²) in [5, 5.41) is 9.54. The van der Waals surface area contributed by atoms with E-state index in [9.17, 15) is 14.3 Å². The fraction of sp³-hybridized carbons (Fsp3) is 0.500. The third kappa shape index (κ3) is 3.52. The van der Waals surface area contributed by atoms with Crippen LogP contribution in [0.2, 0.25) is 0 Å². The van der Waals surface area contributed by atoms with Crippen LogP contribution in [0.1, 0.15) is 37.0 Å². The van der Waals surface area contributed by atoms with E-state index >= 15 is 0 Å². The first-order chi connectivity index (χ1) is 8.87. The summed E-state index contributed by atoms with van der Waals surface area (Å²) in [6, 6.07) is 3.34. The van der Waals surface area contributed by atoms with E-state index in [2.05, 4.69) is 0 Å². The number of hydrogen-bond donors (Lipinski definition) is 1. The van der Waals surface area contributed by atoms with Gasteiger partial charge in [-0.1, -0.05) is 0 Å². The number of carbonyl (C=O) groups is 1. The van der Waals surface area contributed by atoms with Crippen LogP contribution >= 0.6 is 0 Å². The number of benzene rings is 1. The summed E-state index contributed by atoms with van der Waals surface area (Å²) in [4.78, 5) is 11.9. The van der Waals surface area contributed by atoms with Crippen molar-refractivity contribution in [3.63, 3.8) is 0 Å². The maximum absolute atomic E-state index is 13.0. The molecule has 2 rings (SSSR count). The van der Waals surface area contributed by atoms with Gasteiger partial charge in [-0.05, 0) is 38.5 Å². The molecule has 5 heteroatoms. The molecule has 0 aliphatic carbocycles. The predicted octanol–water partition coefficient (Wildman–Crippen LogP) is 2.65. The van der Waals surface area contributed by atoms with Crippen LogP contribution in [0.5, 0.6) is 5.75 Å². The van der Waals surface area contributed by atoms with E-state index < -0.39 is 11.6 Å². The van der Waals surface area contributed by atoms with Gasteiger partial charge in [-0.25, -0.2) is 4.39 Å². The number of phenolic OH excluding ortho intramolecular Hbond substituents is 1. The molecule has 0 saturated carbocycles. The molecule has 104 valence electrons. The third-order valence-electron chi connectivity index (χ3n) is 3.02. The number of rotatable bonds is 4. The molecule has 1 aromatic carbocycles. The first kappa shape index (κ1) is 14.0. The number of hydrogen-bond acceptors (Lipinski definition) is 4. The van der Waals surface area contributed by atoms with E-state index in [-0.39, 0.29) is 29.6 Å². The van der Waals surface area contributed by atoms with Gasteiger partial charge in [-0.15, -0.1) is 0 Å². The zero-order chi connectivity index (χ0) is 14.0. The Balaban J connectivity index is 1.93. The largest absolute Gasteiger partial charge is 0.507 e. The molecule has 4 nitrogen and oxygen atoms in total. The Bertz CT molecular complexity index is 484. The summed E-state index contributed by atoms with van der Waals surface area (Å²) in [5.74, 6) is -1.65. The van der Waals surface area contributed by atoms with Crippen molar-refractivity contribution in [2.24, 2.45) is 0 Å². The summed E-state index contributed by atoms with van der Waals surface area (Å²) in [7, 11) is 0. The van der Waals surface area contributed by atoms with Gasteiger partial charge in [0.1, 0.15) is 11.6 Å². The second kappa shape index (κ2) is 5.27. The summed E-state index contributed by atoms with van der Waals surface area (Å²) in [5.41, 5.74) is 0.0122. The number of aromatic hydroxyl groups is 1. The quantitative estimate of drug-likeness (QED) is 0.853. The van der Waals surface area contributed by atoms with Crippen molar-refractivity contribution in [3.8, 4) is 5.75 Å². The van der Waals surface area contributed by atoms with Gasteiger partial charge >= 0.3 is 0 Å². The number of ether oxygens (including phenoxy) is 2. The second-order valence-corrected chi connectivity index (χ2v) is 5.07. The number of Topliss-reactive ketones (excluding diaryl/α,β-unsaturated/α-hetero) is 1. The molecule has 0 unspecified atom stereocenters. The fourth-order valence-corrected chi connectivity index (χ4v) is 2.06. The van der Waals surface area contributed by atoms with E-state index in [1.165, 1.54) is 6.07 Å². The van der Waals surface area contributed by atoms with Gasteiger partial charge in [0.15, 0.2) is 11.6 Å². The predicted molar refractivity (Wildman–Crippen MR) is 66.5 cm³/mol. The molecule has 0 amide bonds. The molecule has 1 aromatic rings. The standard InChI is InChI=1S/C14H17FO4/c1-14(2)18-8-10(19-14)4-6-13(17)11-7-9(15)3-5-12(11)16/h3,5,7,10,16H,4,6,8H2,1-2H3/t10-/m1/s1. The minimum Gasteiger partial charge on any atom is -0.507 e. The first-order valence-electron chi connectivity index (χ1n) is 6.21. The van der Waals surface area contributed by atoms with Crippen LogP contribution < -0.4 is 0 Å². The van der Waals surface area contributed by atoms with Crippen LogP contribution in [-0.4, -0.2) is 29.4 Å². The highest BCUT2D eigenvalue weighted by Gasteiger charge is 2.32. The van der Waals surface area contributed by atoms with E-state index in [1.807, 2.05) is 13.8 Å². The molecule has 1 fully saturated rings. The minimum absolute atomic E-state index is 0.0122. The summed E-state index contributed by atoms with van der Waals surface area (Å²) in [6.07, 6.45) is 0.522. The molecule has 0 radical (unpaired) electrons. The van der Waals surface area contributed by atoms with Gasteiger partial charge in [-0.2, -0.15) is 0 Å². The maximum atomic E-state index is 13.0. The van der Waals surface area contributed by atoms with Gasteiger partial charge in [0.2, 0.25) is 0 Å². The smallest absolute Gasteiger partial charge is 0.166 e. The zero-order valence-electron chi connectivity index (χ0n) is 11.0. The van der Waals surface area contributed by atoms with Gasteiger partial charge in [0, 0.05) is 6.42 Å². The van der Waals surface area contributed by atoms with E-state index in [0.29, 0.717) is 13.0 Å². The Hall–Kier alpha value is -1.46. The molecule has 1 heterocycles. The average molecular weight is 268 g/mol. The molecule has 0 bridgehead atoms. The van der Waals surface area contributed by atoms with Crippen molar-refractivity contribution in [1.29, 1.82) is 0 Å². The topological polar surface area (TPSA) is 55.8 Å². The Morgan fingerprint density at radius 1 is 1.53 bits per heavy atom. The van der Waals surface area contributed by atoms with Crippen LogP contribution in [0.3, 0.4) is 0 Å². The Morgan fingerprint density at radius 3 is 2.89 bits per heavy atom. The van der Waals surface area contributed by atoms with Crippen molar-refractivity contribution in [3.05, 3.63) is 29.6 Å². The van der Waals surface area contributed by atoms with Gasteiger partial charge in [0.05, 0.1) is 18.3 Å². The number of phenols is 1. The minimum atomic E-state index is -0.616. The summed E-state index contributed by atoms with van der Waals surface area (Å²) in [6.45, 7) is 4.07. The maximum Gasteiger partial charge on any atom is 0.166 e. The normalized spacial score (nSPS) is 21.5. The Kier molecular flexibility index (Phi) is 3.87. The zero-order valence-corrected chi connectivity index (χ0v) is 11.0. The molecule has 19 heavy (non-hydrogen) atoms. The van der Waals surface area contributed by atoms with Crippen molar-refractivity contribution in [1.82, 2.24) is 0 Å². The molecular formula is C14H17FO4. The van der Waals surface area contributed by atoms with Crippen LogP contribution in [0, 0.1) is 5.82 Å². The molecular weight excluding hydrogens is 251 g/mol. The number of halogens is 1. The van der Waals surface area contributed by atoms with Crippen LogP contribution in [0.4, 0.5) is 4.39 Å². The SMILES string of the molecule is CC1(C)OC[C@@H](CCC(=O)c2cc(F)ccc2O)O1. The van der Waals surface area contributed by atoms with Crippen LogP contribution in [0.15, 0.2) is 18.2 Å². The van der Waals surface area contributed by atoms with Crippen molar-refractivity contribution in [2.45, 2.75) is 38.6 Å². The lowest BCUT2D eigenvalue weighted by Crippen LogP contribution is -2.21.